The van der Waals surface area contributed by atoms with Gasteiger partial charge in [-0.2, -0.15) is 0 Å². The van der Waals surface area contributed by atoms with E-state index in [0.717, 1.165) is 0 Å². The van der Waals surface area contributed by atoms with E-state index in [9.17, 15) is 9.59 Å². The van der Waals surface area contributed by atoms with Gasteiger partial charge in [0.2, 0.25) is 11.8 Å². The zero-order valence-corrected chi connectivity index (χ0v) is 19.3. The van der Waals surface area contributed by atoms with Crippen LogP contribution in [0.3, 0.4) is 0 Å². The van der Waals surface area contributed by atoms with Gasteiger partial charge in [0.25, 0.3) is 0 Å². The molecule has 8 heteroatoms. The molecular weight excluding hydrogens is 454 g/mol. The molecule has 2 aromatic rings. The molecule has 0 aliphatic rings. The summed E-state index contributed by atoms with van der Waals surface area (Å²) in [7, 11) is 0. The number of carbonyl (C=O) groups excluding carboxylic acids is 2. The fourth-order valence-corrected chi connectivity index (χ4v) is 3.77. The minimum atomic E-state index is -0.724. The molecule has 0 radical (unpaired) electrons. The molecular formula is C21H22Cl4N2O2. The van der Waals surface area contributed by atoms with E-state index in [1.807, 2.05) is 13.8 Å². The van der Waals surface area contributed by atoms with Crippen LogP contribution >= 0.6 is 46.4 Å². The monoisotopic (exact) mass is 474 g/mol. The fraction of sp³-hybridized carbons (Fsp3) is 0.333. The van der Waals surface area contributed by atoms with Gasteiger partial charge < -0.3 is 10.2 Å². The normalized spacial score (nSPS) is 12.0. The van der Waals surface area contributed by atoms with E-state index in [-0.39, 0.29) is 30.8 Å². The van der Waals surface area contributed by atoms with Crippen LogP contribution in [0.4, 0.5) is 0 Å². The molecule has 1 unspecified atom stereocenters. The highest BCUT2D eigenvalue weighted by atomic mass is 35.5. The quantitative estimate of drug-likeness (QED) is 0.551. The Morgan fingerprint density at radius 1 is 0.966 bits per heavy atom. The molecule has 2 rings (SSSR count). The maximum absolute atomic E-state index is 13.2. The molecule has 0 saturated carbocycles. The molecule has 0 heterocycles. The van der Waals surface area contributed by atoms with E-state index in [4.69, 9.17) is 46.4 Å². The summed E-state index contributed by atoms with van der Waals surface area (Å²) < 4.78 is 0. The SMILES string of the molecule is CC(C)NC(=O)C(C)N(Cc1ccc(Cl)cc1Cl)C(=O)Cc1c(Cl)cccc1Cl. The van der Waals surface area contributed by atoms with Gasteiger partial charge >= 0.3 is 0 Å². The number of halogens is 4. The second-order valence-electron chi connectivity index (χ2n) is 6.97. The van der Waals surface area contributed by atoms with E-state index in [0.29, 0.717) is 31.2 Å². The average molecular weight is 476 g/mol. The van der Waals surface area contributed by atoms with Crippen molar-refractivity contribution in [2.24, 2.45) is 0 Å². The van der Waals surface area contributed by atoms with E-state index in [1.54, 1.807) is 43.3 Å². The highest BCUT2D eigenvalue weighted by Crippen LogP contribution is 2.27. The Morgan fingerprint density at radius 3 is 2.14 bits per heavy atom. The average Bonchev–Trinajstić information content (AvgIpc) is 2.63. The molecule has 156 valence electrons. The summed E-state index contributed by atoms with van der Waals surface area (Å²) in [6.07, 6.45) is -0.0387. The van der Waals surface area contributed by atoms with E-state index in [1.165, 1.54) is 4.90 Å². The van der Waals surface area contributed by atoms with Crippen molar-refractivity contribution >= 4 is 58.2 Å². The largest absolute Gasteiger partial charge is 0.352 e. The minimum Gasteiger partial charge on any atom is -0.352 e. The molecule has 1 atom stereocenters. The first-order valence-corrected chi connectivity index (χ1v) is 10.6. The van der Waals surface area contributed by atoms with Crippen molar-refractivity contribution in [1.29, 1.82) is 0 Å². The second kappa shape index (κ2) is 10.5. The van der Waals surface area contributed by atoms with Crippen LogP contribution in [0.1, 0.15) is 31.9 Å². The molecule has 4 nitrogen and oxygen atoms in total. The molecule has 0 aliphatic carbocycles. The fourth-order valence-electron chi connectivity index (χ4n) is 2.78. The number of nitrogens with one attached hydrogen (secondary N) is 1. The van der Waals surface area contributed by atoms with E-state index >= 15 is 0 Å². The van der Waals surface area contributed by atoms with Crippen molar-refractivity contribution in [3.8, 4) is 0 Å². The predicted octanol–water partition coefficient (Wildman–Crippen LogP) is 5.78. The molecule has 0 fully saturated rings. The molecule has 0 aromatic heterocycles. The molecule has 1 N–H and O–H groups in total. The lowest BCUT2D eigenvalue weighted by atomic mass is 10.1. The van der Waals surface area contributed by atoms with Crippen molar-refractivity contribution < 1.29 is 9.59 Å². The lowest BCUT2D eigenvalue weighted by molar-refractivity contribution is -0.140. The Balaban J connectivity index is 2.34. The van der Waals surface area contributed by atoms with Crippen LogP contribution in [0.15, 0.2) is 36.4 Å². The number of hydrogen-bond acceptors (Lipinski definition) is 2. The van der Waals surface area contributed by atoms with Crippen molar-refractivity contribution in [2.75, 3.05) is 0 Å². The maximum atomic E-state index is 13.2. The third-order valence-corrected chi connectivity index (χ3v) is 5.64. The lowest BCUT2D eigenvalue weighted by Crippen LogP contribution is -2.49. The maximum Gasteiger partial charge on any atom is 0.242 e. The number of nitrogens with zero attached hydrogens (tertiary/aromatic N) is 1. The van der Waals surface area contributed by atoms with Crippen LogP contribution < -0.4 is 5.32 Å². The Bertz CT molecular complexity index is 882. The standard InChI is InChI=1S/C21H22Cl4N2O2/c1-12(2)26-21(29)13(3)27(11-14-7-8-15(22)9-19(14)25)20(28)10-16-17(23)5-4-6-18(16)24/h4-9,12-13H,10-11H2,1-3H3,(H,26,29). The highest BCUT2D eigenvalue weighted by molar-refractivity contribution is 6.36. The van der Waals surface area contributed by atoms with Gasteiger partial charge in [-0.15, -0.1) is 0 Å². The summed E-state index contributed by atoms with van der Waals surface area (Å²) in [4.78, 5) is 27.3. The van der Waals surface area contributed by atoms with Crippen molar-refractivity contribution in [2.45, 2.75) is 45.8 Å². The Kier molecular flexibility index (Phi) is 8.65. The zero-order valence-electron chi connectivity index (χ0n) is 16.3. The predicted molar refractivity (Wildman–Crippen MR) is 120 cm³/mol. The van der Waals surface area contributed by atoms with Crippen molar-refractivity contribution in [3.63, 3.8) is 0 Å². The van der Waals surface area contributed by atoms with Crippen LogP contribution in [-0.4, -0.2) is 28.8 Å². The van der Waals surface area contributed by atoms with Crippen LogP contribution in [0.2, 0.25) is 20.1 Å². The van der Waals surface area contributed by atoms with Gasteiger partial charge in [0.15, 0.2) is 0 Å². The Labute approximate surface area is 191 Å². The van der Waals surface area contributed by atoms with Crippen molar-refractivity contribution in [3.05, 3.63) is 67.6 Å². The zero-order chi connectivity index (χ0) is 21.7. The van der Waals surface area contributed by atoms with Crippen LogP contribution in [-0.2, 0) is 22.6 Å². The number of hydrogen-bond donors (Lipinski definition) is 1. The van der Waals surface area contributed by atoms with Gasteiger partial charge in [-0.3, -0.25) is 9.59 Å². The number of benzene rings is 2. The van der Waals surface area contributed by atoms with Gasteiger partial charge in [0.05, 0.1) is 6.42 Å². The second-order valence-corrected chi connectivity index (χ2v) is 8.63. The summed E-state index contributed by atoms with van der Waals surface area (Å²) in [5.74, 6) is -0.555. The molecule has 2 amide bonds. The summed E-state index contributed by atoms with van der Waals surface area (Å²) in [6, 6.07) is 9.30. The van der Waals surface area contributed by atoms with E-state index < -0.39 is 6.04 Å². The highest BCUT2D eigenvalue weighted by Gasteiger charge is 2.28. The minimum absolute atomic E-state index is 0.0387. The molecule has 2 aromatic carbocycles. The summed E-state index contributed by atoms with van der Waals surface area (Å²) >= 11 is 24.7. The third kappa shape index (κ3) is 6.51. The van der Waals surface area contributed by atoms with Gasteiger partial charge in [0.1, 0.15) is 6.04 Å². The molecule has 0 saturated heterocycles. The first-order chi connectivity index (χ1) is 13.6. The van der Waals surface area contributed by atoms with E-state index in [2.05, 4.69) is 5.32 Å². The topological polar surface area (TPSA) is 49.4 Å². The van der Waals surface area contributed by atoms with Crippen LogP contribution in [0.5, 0.6) is 0 Å². The molecule has 0 bridgehead atoms. The first-order valence-electron chi connectivity index (χ1n) is 9.06. The first kappa shape index (κ1) is 23.8. The van der Waals surface area contributed by atoms with Gasteiger partial charge in [-0.25, -0.2) is 0 Å². The number of carbonyl (C=O) groups is 2. The third-order valence-electron chi connectivity index (χ3n) is 4.34. The number of amides is 2. The Morgan fingerprint density at radius 2 is 1.59 bits per heavy atom. The summed E-state index contributed by atoms with van der Waals surface area (Å²) in [5.41, 5.74) is 1.20. The molecule has 29 heavy (non-hydrogen) atoms. The van der Waals surface area contributed by atoms with Crippen molar-refractivity contribution in [1.82, 2.24) is 10.2 Å². The van der Waals surface area contributed by atoms with Crippen LogP contribution in [0.25, 0.3) is 0 Å². The summed E-state index contributed by atoms with van der Waals surface area (Å²) in [6.45, 7) is 5.53. The van der Waals surface area contributed by atoms with Crippen LogP contribution in [0, 0.1) is 0 Å². The molecule has 0 spiro atoms. The summed E-state index contributed by atoms with van der Waals surface area (Å²) in [5, 5.41) is 4.54. The molecule has 0 aliphatic heterocycles. The van der Waals surface area contributed by atoms with Gasteiger partial charge in [-0.1, -0.05) is 58.5 Å². The van der Waals surface area contributed by atoms with Gasteiger partial charge in [0, 0.05) is 32.7 Å². The smallest absolute Gasteiger partial charge is 0.242 e. The van der Waals surface area contributed by atoms with Gasteiger partial charge in [-0.05, 0) is 56.2 Å². The number of rotatable bonds is 7. The Hall–Kier alpha value is -1.46. The lowest BCUT2D eigenvalue weighted by Gasteiger charge is -2.30.